The molecule has 0 aliphatic rings. The fourth-order valence-electron chi connectivity index (χ4n) is 2.57. The highest BCUT2D eigenvalue weighted by atomic mass is 17.0. The summed E-state index contributed by atoms with van der Waals surface area (Å²) >= 11 is 0. The number of carbonyl (C=O) groups is 3. The highest BCUT2D eigenvalue weighted by molar-refractivity contribution is 6.02. The molecule has 0 saturated heterocycles. The molecule has 30 heavy (non-hydrogen) atoms. The zero-order valence-corrected chi connectivity index (χ0v) is 16.9. The Labute approximate surface area is 173 Å². The Balaban J connectivity index is 2.28. The number of benzene rings is 2. The maximum absolute atomic E-state index is 12.8. The second-order valence-electron chi connectivity index (χ2n) is 5.77. The van der Waals surface area contributed by atoms with E-state index in [-0.39, 0.29) is 11.1 Å². The maximum atomic E-state index is 12.8. The molecule has 0 bridgehead atoms. The Morgan fingerprint density at radius 2 is 0.867 bits per heavy atom. The molecule has 0 aliphatic heterocycles. The van der Waals surface area contributed by atoms with Crippen LogP contribution in [0.1, 0.15) is 20.7 Å². The molecule has 0 heterocycles. The van der Waals surface area contributed by atoms with Gasteiger partial charge in [0.2, 0.25) is 0 Å². The van der Waals surface area contributed by atoms with E-state index < -0.39 is 29.7 Å². The molecule has 0 aromatic heterocycles. The Hall–Kier alpha value is -3.11. The van der Waals surface area contributed by atoms with E-state index in [0.29, 0.717) is 0 Å². The number of ketones is 2. The SMILES string of the molecule is COC(OC)(OC(=O)OC(OC)(OC)C(=O)c1ccccc1)C(=O)c1ccccc1. The Kier molecular flexibility index (Phi) is 7.79. The van der Waals surface area contributed by atoms with Crippen molar-refractivity contribution < 1.29 is 42.8 Å². The van der Waals surface area contributed by atoms with Crippen molar-refractivity contribution in [1.82, 2.24) is 0 Å². The smallest absolute Gasteiger partial charge is 0.368 e. The van der Waals surface area contributed by atoms with Crippen LogP contribution in [0.4, 0.5) is 4.79 Å². The van der Waals surface area contributed by atoms with Crippen LogP contribution < -0.4 is 0 Å². The second kappa shape index (κ2) is 10.1. The average Bonchev–Trinajstić information content (AvgIpc) is 2.81. The normalized spacial score (nSPS) is 11.6. The minimum atomic E-state index is -2.46. The molecule has 2 aromatic rings. The van der Waals surface area contributed by atoms with E-state index in [1.54, 1.807) is 36.4 Å². The molecule has 0 spiro atoms. The molecule has 160 valence electrons. The molecule has 9 heteroatoms. The zero-order valence-electron chi connectivity index (χ0n) is 16.9. The lowest BCUT2D eigenvalue weighted by Crippen LogP contribution is -2.51. The Bertz CT molecular complexity index is 785. The van der Waals surface area contributed by atoms with Crippen LogP contribution in [-0.2, 0) is 28.4 Å². The summed E-state index contributed by atoms with van der Waals surface area (Å²) in [7, 11) is 4.42. The van der Waals surface area contributed by atoms with Crippen molar-refractivity contribution in [3.8, 4) is 0 Å². The highest BCUT2D eigenvalue weighted by Crippen LogP contribution is 2.25. The summed E-state index contributed by atoms with van der Waals surface area (Å²) in [6.45, 7) is 0. The minimum absolute atomic E-state index is 0.152. The first-order chi connectivity index (χ1) is 14.4. The molecule has 2 rings (SSSR count). The molecule has 0 atom stereocenters. The molecular formula is C21H22O9. The highest BCUT2D eigenvalue weighted by Gasteiger charge is 2.50. The Morgan fingerprint density at radius 3 is 1.13 bits per heavy atom. The van der Waals surface area contributed by atoms with E-state index in [1.807, 2.05) is 0 Å². The number of hydrogen-bond donors (Lipinski definition) is 0. The minimum Gasteiger partial charge on any atom is -0.368 e. The Morgan fingerprint density at radius 1 is 0.567 bits per heavy atom. The van der Waals surface area contributed by atoms with Gasteiger partial charge in [0.05, 0.1) is 0 Å². The third-order valence-electron chi connectivity index (χ3n) is 4.14. The maximum Gasteiger partial charge on any atom is 0.517 e. The van der Waals surface area contributed by atoms with Gasteiger partial charge in [-0.3, -0.25) is 9.59 Å². The van der Waals surface area contributed by atoms with Crippen molar-refractivity contribution in [2.75, 3.05) is 28.4 Å². The summed E-state index contributed by atoms with van der Waals surface area (Å²) in [5.41, 5.74) is 0.304. The third-order valence-corrected chi connectivity index (χ3v) is 4.14. The average molecular weight is 418 g/mol. The lowest BCUT2D eigenvalue weighted by Gasteiger charge is -2.31. The largest absolute Gasteiger partial charge is 0.517 e. The molecule has 0 saturated carbocycles. The van der Waals surface area contributed by atoms with Crippen LogP contribution in [0, 0.1) is 0 Å². The van der Waals surface area contributed by atoms with Crippen LogP contribution in [0.2, 0.25) is 0 Å². The van der Waals surface area contributed by atoms with Crippen LogP contribution >= 0.6 is 0 Å². The monoisotopic (exact) mass is 418 g/mol. The predicted octanol–water partition coefficient (Wildman–Crippen LogP) is 2.80. The van der Waals surface area contributed by atoms with Gasteiger partial charge in [-0.15, -0.1) is 0 Å². The van der Waals surface area contributed by atoms with E-state index in [2.05, 4.69) is 0 Å². The van der Waals surface area contributed by atoms with E-state index in [4.69, 9.17) is 28.4 Å². The van der Waals surface area contributed by atoms with Crippen molar-refractivity contribution in [3.05, 3.63) is 71.8 Å². The van der Waals surface area contributed by atoms with Gasteiger partial charge in [-0.1, -0.05) is 60.7 Å². The molecule has 2 aromatic carbocycles. The number of ether oxygens (including phenoxy) is 6. The van der Waals surface area contributed by atoms with Crippen LogP contribution in [-0.4, -0.2) is 58.1 Å². The molecular weight excluding hydrogens is 396 g/mol. The number of carbonyl (C=O) groups excluding carboxylic acids is 3. The van der Waals surface area contributed by atoms with Gasteiger partial charge in [-0.25, -0.2) is 4.79 Å². The lowest BCUT2D eigenvalue weighted by atomic mass is 10.1. The molecule has 0 aliphatic carbocycles. The quantitative estimate of drug-likeness (QED) is 0.327. The van der Waals surface area contributed by atoms with Crippen molar-refractivity contribution in [2.24, 2.45) is 0 Å². The molecule has 0 radical (unpaired) electrons. The summed E-state index contributed by atoms with van der Waals surface area (Å²) in [5, 5.41) is 0. The van der Waals surface area contributed by atoms with E-state index in [1.165, 1.54) is 24.3 Å². The third kappa shape index (κ3) is 4.71. The van der Waals surface area contributed by atoms with Crippen LogP contribution in [0.3, 0.4) is 0 Å². The van der Waals surface area contributed by atoms with E-state index in [0.717, 1.165) is 28.4 Å². The first-order valence-electron chi connectivity index (χ1n) is 8.70. The summed E-state index contributed by atoms with van der Waals surface area (Å²) in [5.74, 6) is -6.53. The fraction of sp³-hybridized carbons (Fsp3) is 0.286. The molecule has 0 amide bonds. The summed E-state index contributed by atoms with van der Waals surface area (Å²) in [6, 6.07) is 15.8. The van der Waals surface area contributed by atoms with Crippen molar-refractivity contribution >= 4 is 17.7 Å². The molecule has 0 N–H and O–H groups in total. The van der Waals surface area contributed by atoms with Gasteiger partial charge in [0, 0.05) is 39.6 Å². The second-order valence-corrected chi connectivity index (χ2v) is 5.77. The van der Waals surface area contributed by atoms with Gasteiger partial charge < -0.3 is 28.4 Å². The standard InChI is InChI=1S/C21H22O9/c1-25-20(26-2,17(22)15-11-7-5-8-12-15)29-19(24)30-21(27-3,28-4)18(23)16-13-9-6-10-14-16/h5-14H,1-4H3. The number of methoxy groups -OCH3 is 4. The van der Waals surface area contributed by atoms with Crippen LogP contribution in [0.5, 0.6) is 0 Å². The van der Waals surface area contributed by atoms with Gasteiger partial charge in [0.15, 0.2) is 0 Å². The lowest BCUT2D eigenvalue weighted by molar-refractivity contribution is -0.336. The van der Waals surface area contributed by atoms with E-state index >= 15 is 0 Å². The van der Waals surface area contributed by atoms with Gasteiger partial charge >= 0.3 is 18.1 Å². The summed E-state index contributed by atoms with van der Waals surface area (Å²) in [4.78, 5) is 38.1. The number of hydrogen-bond acceptors (Lipinski definition) is 9. The first kappa shape index (κ1) is 23.2. The fourth-order valence-corrected chi connectivity index (χ4v) is 2.57. The van der Waals surface area contributed by atoms with Crippen molar-refractivity contribution in [2.45, 2.75) is 11.9 Å². The van der Waals surface area contributed by atoms with Gasteiger partial charge in [0.25, 0.3) is 11.6 Å². The van der Waals surface area contributed by atoms with Crippen molar-refractivity contribution in [1.29, 1.82) is 0 Å². The number of rotatable bonds is 10. The van der Waals surface area contributed by atoms with Gasteiger partial charge in [0.1, 0.15) is 0 Å². The van der Waals surface area contributed by atoms with Crippen molar-refractivity contribution in [3.63, 3.8) is 0 Å². The molecule has 9 nitrogen and oxygen atoms in total. The van der Waals surface area contributed by atoms with E-state index in [9.17, 15) is 14.4 Å². The first-order valence-corrected chi connectivity index (χ1v) is 8.70. The summed E-state index contributed by atoms with van der Waals surface area (Å²) < 4.78 is 30.2. The summed E-state index contributed by atoms with van der Waals surface area (Å²) in [6.07, 6.45) is -1.50. The predicted molar refractivity (Wildman–Crippen MR) is 103 cm³/mol. The zero-order chi connectivity index (χ0) is 22.2. The molecule has 0 unspecified atom stereocenters. The molecule has 0 fully saturated rings. The van der Waals surface area contributed by atoms with Gasteiger partial charge in [-0.05, 0) is 0 Å². The topological polar surface area (TPSA) is 107 Å². The van der Waals surface area contributed by atoms with Crippen LogP contribution in [0.25, 0.3) is 0 Å². The number of Topliss-reactive ketones (excluding diaryl/α,β-unsaturated/α-hetero) is 2. The van der Waals surface area contributed by atoms with Crippen LogP contribution in [0.15, 0.2) is 60.7 Å². The van der Waals surface area contributed by atoms with Gasteiger partial charge in [-0.2, -0.15) is 0 Å².